The van der Waals surface area contributed by atoms with Gasteiger partial charge in [0.2, 0.25) is 0 Å². The average Bonchev–Trinajstić information content (AvgIpc) is 2.81. The largest absolute Gasteiger partial charge is 0.395 e. The molecule has 0 radical (unpaired) electrons. The molecule has 4 N–H and O–H groups in total. The summed E-state index contributed by atoms with van der Waals surface area (Å²) < 4.78 is 0. The number of aromatic nitrogens is 2. The summed E-state index contributed by atoms with van der Waals surface area (Å²) in [5.74, 6) is 1.00. The van der Waals surface area contributed by atoms with Crippen molar-refractivity contribution in [2.45, 2.75) is 65.3 Å². The Morgan fingerprint density at radius 3 is 2.81 bits per heavy atom. The molecule has 118 valence electrons. The number of anilines is 1. The smallest absolute Gasteiger partial charge is 0.274 e. The van der Waals surface area contributed by atoms with Crippen molar-refractivity contribution in [3.63, 3.8) is 0 Å². The molecule has 2 unspecified atom stereocenters. The first-order chi connectivity index (χ1) is 10.0. The normalized spacial score (nSPS) is 22.5. The van der Waals surface area contributed by atoms with E-state index in [9.17, 15) is 4.79 Å². The summed E-state index contributed by atoms with van der Waals surface area (Å²) in [6.45, 7) is 6.55. The maximum absolute atomic E-state index is 12.4. The molecule has 1 aliphatic rings. The Hall–Kier alpha value is -1.52. The number of nitrogen functional groups attached to an aromatic ring is 1. The van der Waals surface area contributed by atoms with Gasteiger partial charge in [0, 0.05) is 6.04 Å². The van der Waals surface area contributed by atoms with Crippen molar-refractivity contribution in [3.8, 4) is 0 Å². The lowest BCUT2D eigenvalue weighted by Gasteiger charge is -2.34. The van der Waals surface area contributed by atoms with Crippen molar-refractivity contribution >= 4 is 11.6 Å². The first kappa shape index (κ1) is 15.9. The molecule has 5 nitrogen and oxygen atoms in total. The zero-order chi connectivity index (χ0) is 15.4. The number of amides is 1. The second-order valence-electron chi connectivity index (χ2n) is 6.49. The molecule has 1 saturated carbocycles. The van der Waals surface area contributed by atoms with Crippen molar-refractivity contribution in [1.82, 2.24) is 15.5 Å². The second kappa shape index (κ2) is 6.96. The van der Waals surface area contributed by atoms with Crippen LogP contribution in [0.5, 0.6) is 0 Å². The van der Waals surface area contributed by atoms with Gasteiger partial charge in [0.05, 0.1) is 11.4 Å². The van der Waals surface area contributed by atoms with Gasteiger partial charge in [0.15, 0.2) is 5.69 Å². The van der Waals surface area contributed by atoms with Gasteiger partial charge in [-0.15, -0.1) is 0 Å². The maximum atomic E-state index is 12.4. The number of carbonyl (C=O) groups is 1. The van der Waals surface area contributed by atoms with E-state index in [2.05, 4.69) is 36.3 Å². The molecule has 1 aromatic heterocycles. The van der Waals surface area contributed by atoms with E-state index in [1.165, 1.54) is 19.3 Å². The van der Waals surface area contributed by atoms with Crippen LogP contribution in [-0.2, 0) is 6.42 Å². The van der Waals surface area contributed by atoms with Gasteiger partial charge < -0.3 is 11.1 Å². The topological polar surface area (TPSA) is 83.8 Å². The van der Waals surface area contributed by atoms with Gasteiger partial charge in [-0.05, 0) is 31.1 Å². The van der Waals surface area contributed by atoms with E-state index in [-0.39, 0.29) is 11.9 Å². The van der Waals surface area contributed by atoms with Crippen LogP contribution < -0.4 is 11.1 Å². The van der Waals surface area contributed by atoms with Gasteiger partial charge in [0.1, 0.15) is 0 Å². The molecule has 0 spiro atoms. The minimum atomic E-state index is -0.136. The Bertz CT molecular complexity index is 481. The van der Waals surface area contributed by atoms with Gasteiger partial charge >= 0.3 is 0 Å². The van der Waals surface area contributed by atoms with Crippen LogP contribution in [-0.4, -0.2) is 22.1 Å². The van der Waals surface area contributed by atoms with E-state index in [0.29, 0.717) is 23.2 Å². The number of H-pyrrole nitrogens is 1. The third kappa shape index (κ3) is 3.57. The van der Waals surface area contributed by atoms with Gasteiger partial charge in [-0.3, -0.25) is 9.89 Å². The van der Waals surface area contributed by atoms with E-state index in [1.54, 1.807) is 0 Å². The van der Waals surface area contributed by atoms with Crippen molar-refractivity contribution in [3.05, 3.63) is 11.4 Å². The summed E-state index contributed by atoms with van der Waals surface area (Å²) in [7, 11) is 0. The number of hydrogen-bond donors (Lipinski definition) is 3. The third-order valence-electron chi connectivity index (χ3n) is 4.59. The fourth-order valence-electron chi connectivity index (χ4n) is 3.37. The summed E-state index contributed by atoms with van der Waals surface area (Å²) in [6, 6.07) is 0.247. The minimum absolute atomic E-state index is 0.136. The molecule has 5 heteroatoms. The van der Waals surface area contributed by atoms with Crippen LogP contribution in [0, 0.1) is 11.8 Å². The fourth-order valence-corrected chi connectivity index (χ4v) is 3.37. The van der Waals surface area contributed by atoms with Crippen LogP contribution in [0.15, 0.2) is 0 Å². The summed E-state index contributed by atoms with van der Waals surface area (Å²) in [5.41, 5.74) is 7.76. The molecule has 2 atom stereocenters. The lowest BCUT2D eigenvalue weighted by atomic mass is 9.78. The average molecular weight is 292 g/mol. The van der Waals surface area contributed by atoms with Crippen molar-refractivity contribution < 1.29 is 4.79 Å². The van der Waals surface area contributed by atoms with Gasteiger partial charge in [-0.1, -0.05) is 40.0 Å². The van der Waals surface area contributed by atoms with E-state index < -0.39 is 0 Å². The molecular weight excluding hydrogens is 264 g/mol. The zero-order valence-electron chi connectivity index (χ0n) is 13.4. The molecule has 1 fully saturated rings. The highest BCUT2D eigenvalue weighted by Crippen LogP contribution is 2.30. The van der Waals surface area contributed by atoms with E-state index in [4.69, 9.17) is 5.73 Å². The quantitative estimate of drug-likeness (QED) is 0.780. The molecule has 0 saturated heterocycles. The summed E-state index contributed by atoms with van der Waals surface area (Å²) in [6.07, 6.45) is 6.50. The van der Waals surface area contributed by atoms with Crippen LogP contribution in [0.2, 0.25) is 0 Å². The van der Waals surface area contributed by atoms with Crippen LogP contribution in [0.4, 0.5) is 5.69 Å². The Morgan fingerprint density at radius 2 is 2.14 bits per heavy atom. The highest BCUT2D eigenvalue weighted by Gasteiger charge is 2.30. The lowest BCUT2D eigenvalue weighted by Crippen LogP contribution is -2.44. The van der Waals surface area contributed by atoms with Crippen LogP contribution >= 0.6 is 0 Å². The predicted octanol–water partition coefficient (Wildman–Crippen LogP) is 2.89. The first-order valence-corrected chi connectivity index (χ1v) is 8.18. The number of aromatic amines is 1. The van der Waals surface area contributed by atoms with E-state index in [1.807, 2.05) is 0 Å². The number of rotatable bonds is 5. The van der Waals surface area contributed by atoms with Crippen molar-refractivity contribution in [2.24, 2.45) is 11.8 Å². The van der Waals surface area contributed by atoms with Crippen molar-refractivity contribution in [1.29, 1.82) is 0 Å². The molecule has 21 heavy (non-hydrogen) atoms. The van der Waals surface area contributed by atoms with Crippen LogP contribution in [0.3, 0.4) is 0 Å². The third-order valence-corrected chi connectivity index (χ3v) is 4.59. The maximum Gasteiger partial charge on any atom is 0.274 e. The van der Waals surface area contributed by atoms with E-state index in [0.717, 1.165) is 25.0 Å². The SMILES string of the molecule is CCCc1[nH]nc(C(=O)NC2CCCCC2C(C)C)c1N. The van der Waals surface area contributed by atoms with Crippen LogP contribution in [0.25, 0.3) is 0 Å². The molecule has 2 rings (SSSR count). The van der Waals surface area contributed by atoms with Gasteiger partial charge in [0.25, 0.3) is 5.91 Å². The molecular formula is C16H28N4O. The summed E-state index contributed by atoms with van der Waals surface area (Å²) >= 11 is 0. The minimum Gasteiger partial charge on any atom is -0.395 e. The molecule has 1 aliphatic carbocycles. The van der Waals surface area contributed by atoms with Crippen LogP contribution in [0.1, 0.15) is 69.1 Å². The zero-order valence-corrected chi connectivity index (χ0v) is 13.4. The number of nitrogens with two attached hydrogens (primary N) is 1. The Balaban J connectivity index is 2.06. The van der Waals surface area contributed by atoms with E-state index >= 15 is 0 Å². The summed E-state index contributed by atoms with van der Waals surface area (Å²) in [5, 5.41) is 10.2. The Kier molecular flexibility index (Phi) is 5.26. The monoisotopic (exact) mass is 292 g/mol. The van der Waals surface area contributed by atoms with Gasteiger partial charge in [-0.25, -0.2) is 0 Å². The molecule has 1 aromatic rings. The molecule has 0 bridgehead atoms. The summed E-state index contributed by atoms with van der Waals surface area (Å²) in [4.78, 5) is 12.4. The highest BCUT2D eigenvalue weighted by atomic mass is 16.2. The molecule has 1 amide bonds. The number of carbonyl (C=O) groups excluding carboxylic acids is 1. The lowest BCUT2D eigenvalue weighted by molar-refractivity contribution is 0.0885. The molecule has 0 aliphatic heterocycles. The number of aryl methyl sites for hydroxylation is 1. The Labute approximate surface area is 127 Å². The van der Waals surface area contributed by atoms with Gasteiger partial charge in [-0.2, -0.15) is 5.10 Å². The number of hydrogen-bond acceptors (Lipinski definition) is 3. The Morgan fingerprint density at radius 1 is 1.43 bits per heavy atom. The molecule has 0 aromatic carbocycles. The number of nitrogens with one attached hydrogen (secondary N) is 2. The standard InChI is InChI=1S/C16H28N4O/c1-4-7-13-14(17)15(20-19-13)16(21)18-12-9-6-5-8-11(12)10(2)3/h10-12H,4-9,17H2,1-3H3,(H,18,21)(H,19,20). The molecule has 1 heterocycles. The fraction of sp³-hybridized carbons (Fsp3) is 0.750. The second-order valence-corrected chi connectivity index (χ2v) is 6.49. The number of nitrogens with zero attached hydrogens (tertiary/aromatic N) is 1. The predicted molar refractivity (Wildman–Crippen MR) is 85.0 cm³/mol. The highest BCUT2D eigenvalue weighted by molar-refractivity contribution is 5.97. The first-order valence-electron chi connectivity index (χ1n) is 8.18. The van der Waals surface area contributed by atoms with Crippen molar-refractivity contribution in [2.75, 3.05) is 5.73 Å².